The zero-order chi connectivity index (χ0) is 20.1. The number of ether oxygens (including phenoxy) is 1. The van der Waals surface area contributed by atoms with E-state index >= 15 is 0 Å². The lowest BCUT2D eigenvalue weighted by Crippen LogP contribution is -2.44. The summed E-state index contributed by atoms with van der Waals surface area (Å²) in [5.41, 5.74) is 3.85. The normalized spacial score (nSPS) is 16.5. The summed E-state index contributed by atoms with van der Waals surface area (Å²) >= 11 is 5.66. The first kappa shape index (κ1) is 20.8. The van der Waals surface area contributed by atoms with Gasteiger partial charge in [0.25, 0.3) is 5.56 Å². The second kappa shape index (κ2) is 9.52. The molecule has 1 aromatic carbocycles. The van der Waals surface area contributed by atoms with Gasteiger partial charge in [-0.2, -0.15) is 0 Å². The smallest absolute Gasteiger partial charge is 0.253 e. The Morgan fingerprint density at radius 2 is 2.14 bits per heavy atom. The molecule has 0 amide bonds. The summed E-state index contributed by atoms with van der Waals surface area (Å²) in [5, 5.41) is 5.14. The number of aromatic amines is 1. The molecule has 152 valence electrons. The largest absolute Gasteiger partial charge is 0.376 e. The molecule has 1 saturated heterocycles. The number of thiocarbonyl (C=S) groups is 1. The first-order chi connectivity index (χ1) is 13.5. The average Bonchev–Trinajstić information content (AvgIpc) is 3.18. The van der Waals surface area contributed by atoms with Gasteiger partial charge in [0.15, 0.2) is 5.11 Å². The van der Waals surface area contributed by atoms with Gasteiger partial charge < -0.3 is 19.9 Å². The van der Waals surface area contributed by atoms with E-state index in [9.17, 15) is 4.79 Å². The minimum atomic E-state index is -0.0464. The summed E-state index contributed by atoms with van der Waals surface area (Å²) in [5.74, 6) is 0. The number of nitrogens with one attached hydrogen (secondary N) is 2. The Bertz CT molecular complexity index is 887. The molecule has 0 saturated carbocycles. The molecule has 0 bridgehead atoms. The molecule has 28 heavy (non-hydrogen) atoms. The van der Waals surface area contributed by atoms with Crippen LogP contribution in [-0.4, -0.2) is 40.8 Å². The second-order valence-corrected chi connectivity index (χ2v) is 8.10. The maximum absolute atomic E-state index is 12.8. The quantitative estimate of drug-likeness (QED) is 0.546. The SMILES string of the molecule is CCCCNC(=S)N(Cc1cc2c(C)ccc(C)c2[nH]c1=O)C[C@H]1CCCO1. The van der Waals surface area contributed by atoms with Gasteiger partial charge in [-0.1, -0.05) is 25.5 Å². The lowest BCUT2D eigenvalue weighted by atomic mass is 10.0. The van der Waals surface area contributed by atoms with Gasteiger partial charge in [0.1, 0.15) is 0 Å². The minimum Gasteiger partial charge on any atom is -0.376 e. The molecule has 2 heterocycles. The molecular formula is C22H31N3O2S. The molecule has 1 aliphatic rings. The monoisotopic (exact) mass is 401 g/mol. The molecule has 1 fully saturated rings. The molecule has 0 spiro atoms. The average molecular weight is 402 g/mol. The van der Waals surface area contributed by atoms with Crippen LogP contribution >= 0.6 is 12.2 Å². The summed E-state index contributed by atoms with van der Waals surface area (Å²) in [4.78, 5) is 17.9. The third-order valence-corrected chi connectivity index (χ3v) is 5.83. The number of rotatable bonds is 7. The number of hydrogen-bond donors (Lipinski definition) is 2. The van der Waals surface area contributed by atoms with Crippen molar-refractivity contribution in [3.05, 3.63) is 45.2 Å². The fourth-order valence-corrected chi connectivity index (χ4v) is 3.92. The maximum atomic E-state index is 12.8. The third-order valence-electron chi connectivity index (χ3n) is 5.42. The Balaban J connectivity index is 1.86. The van der Waals surface area contributed by atoms with Crippen LogP contribution in [0.15, 0.2) is 23.0 Å². The van der Waals surface area contributed by atoms with Crippen molar-refractivity contribution in [3.63, 3.8) is 0 Å². The maximum Gasteiger partial charge on any atom is 0.253 e. The molecule has 1 aliphatic heterocycles. The van der Waals surface area contributed by atoms with E-state index in [0.29, 0.717) is 18.2 Å². The van der Waals surface area contributed by atoms with Gasteiger partial charge in [-0.3, -0.25) is 4.79 Å². The number of aromatic nitrogens is 1. The molecule has 5 nitrogen and oxygen atoms in total. The van der Waals surface area contributed by atoms with Crippen molar-refractivity contribution in [1.82, 2.24) is 15.2 Å². The third kappa shape index (κ3) is 4.92. The molecule has 6 heteroatoms. The van der Waals surface area contributed by atoms with E-state index in [1.165, 1.54) is 0 Å². The number of benzene rings is 1. The highest BCUT2D eigenvalue weighted by Gasteiger charge is 2.22. The molecule has 0 aliphatic carbocycles. The highest BCUT2D eigenvalue weighted by molar-refractivity contribution is 7.80. The van der Waals surface area contributed by atoms with Crippen LogP contribution in [0, 0.1) is 13.8 Å². The Hall–Kier alpha value is -1.92. The summed E-state index contributed by atoms with van der Waals surface area (Å²) in [6, 6.07) is 6.16. The number of fused-ring (bicyclic) bond motifs is 1. The van der Waals surface area contributed by atoms with Crippen LogP contribution in [0.2, 0.25) is 0 Å². The van der Waals surface area contributed by atoms with Crippen LogP contribution in [0.5, 0.6) is 0 Å². The van der Waals surface area contributed by atoms with Crippen LogP contribution in [0.4, 0.5) is 0 Å². The Labute approximate surface area is 172 Å². The molecule has 0 radical (unpaired) electrons. The van der Waals surface area contributed by atoms with Crippen LogP contribution in [-0.2, 0) is 11.3 Å². The van der Waals surface area contributed by atoms with Crippen LogP contribution in [0.3, 0.4) is 0 Å². The van der Waals surface area contributed by atoms with Gasteiger partial charge in [0.05, 0.1) is 18.2 Å². The highest BCUT2D eigenvalue weighted by atomic mass is 32.1. The van der Waals surface area contributed by atoms with Crippen LogP contribution in [0.25, 0.3) is 10.9 Å². The van der Waals surface area contributed by atoms with Gasteiger partial charge in [-0.05, 0) is 62.5 Å². The van der Waals surface area contributed by atoms with Crippen LogP contribution < -0.4 is 10.9 Å². The fraction of sp³-hybridized carbons (Fsp3) is 0.545. The Kier molecular flexibility index (Phi) is 7.08. The van der Waals surface area contributed by atoms with E-state index < -0.39 is 0 Å². The number of aryl methyl sites for hydroxylation is 2. The molecule has 2 N–H and O–H groups in total. The Morgan fingerprint density at radius 1 is 1.36 bits per heavy atom. The number of pyridine rings is 1. The first-order valence-corrected chi connectivity index (χ1v) is 10.7. The molecular weight excluding hydrogens is 370 g/mol. The number of hydrogen-bond acceptors (Lipinski definition) is 3. The van der Waals surface area contributed by atoms with Crippen molar-refractivity contribution in [1.29, 1.82) is 0 Å². The van der Waals surface area contributed by atoms with E-state index in [1.54, 1.807) is 0 Å². The summed E-state index contributed by atoms with van der Waals surface area (Å²) in [7, 11) is 0. The minimum absolute atomic E-state index is 0.0464. The van der Waals surface area contributed by atoms with Crippen molar-refractivity contribution >= 4 is 28.2 Å². The standard InChI is InChI=1S/C22H31N3O2S/c1-4-5-10-23-22(28)25(14-18-7-6-11-27-18)13-17-12-19-15(2)8-9-16(3)20(19)24-21(17)26/h8-9,12,18H,4-7,10-11,13-14H2,1-3H3,(H,23,28)(H,24,26)/t18-/m1/s1. The van der Waals surface area contributed by atoms with Crippen LogP contribution in [0.1, 0.15) is 49.3 Å². The highest BCUT2D eigenvalue weighted by Crippen LogP contribution is 2.21. The van der Waals surface area contributed by atoms with E-state index in [0.717, 1.165) is 66.4 Å². The number of nitrogens with zero attached hydrogens (tertiary/aromatic N) is 1. The van der Waals surface area contributed by atoms with E-state index in [-0.39, 0.29) is 11.7 Å². The topological polar surface area (TPSA) is 57.4 Å². The van der Waals surface area contributed by atoms with Crippen molar-refractivity contribution in [3.8, 4) is 0 Å². The second-order valence-electron chi connectivity index (χ2n) is 7.71. The summed E-state index contributed by atoms with van der Waals surface area (Å²) in [6.07, 6.45) is 4.49. The van der Waals surface area contributed by atoms with Crippen molar-refractivity contribution < 1.29 is 4.74 Å². The van der Waals surface area contributed by atoms with Crippen molar-refractivity contribution in [2.24, 2.45) is 0 Å². The van der Waals surface area contributed by atoms with Crippen molar-refractivity contribution in [2.45, 2.75) is 59.1 Å². The predicted octanol–water partition coefficient (Wildman–Crippen LogP) is 3.80. The van der Waals surface area contributed by atoms with Gasteiger partial charge in [0, 0.05) is 30.6 Å². The lowest BCUT2D eigenvalue weighted by molar-refractivity contribution is 0.0897. The van der Waals surface area contributed by atoms with Gasteiger partial charge >= 0.3 is 0 Å². The van der Waals surface area contributed by atoms with E-state index in [2.05, 4.69) is 35.1 Å². The van der Waals surface area contributed by atoms with E-state index in [1.807, 2.05) is 19.1 Å². The fourth-order valence-electron chi connectivity index (χ4n) is 3.68. The number of unbranched alkanes of at least 4 members (excludes halogenated alkanes) is 1. The molecule has 0 unspecified atom stereocenters. The zero-order valence-corrected chi connectivity index (χ0v) is 18.0. The molecule has 1 atom stereocenters. The van der Waals surface area contributed by atoms with Crippen molar-refractivity contribution in [2.75, 3.05) is 19.7 Å². The first-order valence-electron chi connectivity index (χ1n) is 10.3. The molecule has 3 rings (SSSR count). The zero-order valence-electron chi connectivity index (χ0n) is 17.1. The summed E-state index contributed by atoms with van der Waals surface area (Å²) < 4.78 is 5.82. The summed E-state index contributed by atoms with van der Waals surface area (Å²) in [6.45, 7) is 9.11. The molecule has 1 aromatic heterocycles. The predicted molar refractivity (Wildman–Crippen MR) is 119 cm³/mol. The Morgan fingerprint density at radius 3 is 2.86 bits per heavy atom. The number of H-pyrrole nitrogens is 1. The van der Waals surface area contributed by atoms with Gasteiger partial charge in [-0.15, -0.1) is 0 Å². The van der Waals surface area contributed by atoms with Gasteiger partial charge in [-0.25, -0.2) is 0 Å². The molecule has 2 aromatic rings. The van der Waals surface area contributed by atoms with E-state index in [4.69, 9.17) is 17.0 Å². The lowest BCUT2D eigenvalue weighted by Gasteiger charge is -2.28. The van der Waals surface area contributed by atoms with Gasteiger partial charge in [0.2, 0.25) is 0 Å².